The van der Waals surface area contributed by atoms with E-state index in [1.165, 1.54) is 18.2 Å². The van der Waals surface area contributed by atoms with Crippen LogP contribution in [-0.4, -0.2) is 9.97 Å². The first-order valence-electron chi connectivity index (χ1n) is 5.09. The van der Waals surface area contributed by atoms with Gasteiger partial charge in [0, 0.05) is 18.1 Å². The Morgan fingerprint density at radius 2 is 1.94 bits per heavy atom. The molecule has 0 saturated carbocycles. The van der Waals surface area contributed by atoms with Crippen LogP contribution in [0.15, 0.2) is 24.3 Å². The van der Waals surface area contributed by atoms with Gasteiger partial charge in [0.15, 0.2) is 0 Å². The van der Waals surface area contributed by atoms with Crippen molar-refractivity contribution in [2.24, 2.45) is 0 Å². The van der Waals surface area contributed by atoms with Crippen LogP contribution < -0.4 is 0 Å². The molecule has 2 nitrogen and oxygen atoms in total. The standard InChI is InChI=1S/C12H9Cl2FN2/c1-2-12-16-10(6-11(14)17-12)8-5-7(15)3-4-9(8)13/h3-6H,2H2,1H3. The average Bonchev–Trinajstić information content (AvgIpc) is 2.31. The van der Waals surface area contributed by atoms with Crippen LogP contribution in [0, 0.1) is 5.82 Å². The van der Waals surface area contributed by atoms with Crippen molar-refractivity contribution in [3.63, 3.8) is 0 Å². The second-order valence-electron chi connectivity index (χ2n) is 3.47. The Balaban J connectivity index is 2.59. The molecule has 2 rings (SSSR count). The predicted octanol–water partition coefficient (Wildman–Crippen LogP) is 4.15. The van der Waals surface area contributed by atoms with E-state index in [4.69, 9.17) is 23.2 Å². The normalized spacial score (nSPS) is 10.6. The number of nitrogens with zero attached hydrogens (tertiary/aromatic N) is 2. The van der Waals surface area contributed by atoms with Crippen molar-refractivity contribution in [2.75, 3.05) is 0 Å². The summed E-state index contributed by atoms with van der Waals surface area (Å²) in [5, 5.41) is 0.760. The van der Waals surface area contributed by atoms with Crippen LogP contribution >= 0.6 is 23.2 Å². The Bertz CT molecular complexity index is 558. The van der Waals surface area contributed by atoms with Gasteiger partial charge in [0.1, 0.15) is 16.8 Å². The van der Waals surface area contributed by atoms with Gasteiger partial charge in [0.2, 0.25) is 0 Å². The van der Waals surface area contributed by atoms with Crippen molar-refractivity contribution in [3.8, 4) is 11.3 Å². The van der Waals surface area contributed by atoms with Gasteiger partial charge in [0.25, 0.3) is 0 Å². The lowest BCUT2D eigenvalue weighted by atomic mass is 10.1. The minimum atomic E-state index is -0.364. The van der Waals surface area contributed by atoms with Gasteiger partial charge in [-0.25, -0.2) is 14.4 Å². The molecule has 0 aliphatic heterocycles. The highest BCUT2D eigenvalue weighted by atomic mass is 35.5. The first-order valence-corrected chi connectivity index (χ1v) is 5.84. The van der Waals surface area contributed by atoms with Gasteiger partial charge < -0.3 is 0 Å². The number of rotatable bonds is 2. The molecule has 0 unspecified atom stereocenters. The smallest absolute Gasteiger partial charge is 0.133 e. The average molecular weight is 271 g/mol. The Kier molecular flexibility index (Phi) is 3.60. The summed E-state index contributed by atoms with van der Waals surface area (Å²) in [7, 11) is 0. The van der Waals surface area contributed by atoms with E-state index < -0.39 is 0 Å². The molecule has 88 valence electrons. The molecular weight excluding hydrogens is 262 g/mol. The number of benzene rings is 1. The van der Waals surface area contributed by atoms with Crippen LogP contribution in [-0.2, 0) is 6.42 Å². The Labute approximate surface area is 108 Å². The second kappa shape index (κ2) is 4.98. The fourth-order valence-electron chi connectivity index (χ4n) is 1.45. The van der Waals surface area contributed by atoms with Crippen LogP contribution in [0.3, 0.4) is 0 Å². The van der Waals surface area contributed by atoms with Gasteiger partial charge in [-0.1, -0.05) is 30.1 Å². The lowest BCUT2D eigenvalue weighted by Gasteiger charge is -2.06. The van der Waals surface area contributed by atoms with E-state index in [-0.39, 0.29) is 5.82 Å². The molecule has 0 bridgehead atoms. The second-order valence-corrected chi connectivity index (χ2v) is 4.26. The molecule has 0 radical (unpaired) electrons. The maximum Gasteiger partial charge on any atom is 0.133 e. The van der Waals surface area contributed by atoms with Crippen molar-refractivity contribution in [3.05, 3.63) is 46.1 Å². The summed E-state index contributed by atoms with van der Waals surface area (Å²) in [6.07, 6.45) is 0.653. The molecule has 0 spiro atoms. The molecule has 0 amide bonds. The first-order chi connectivity index (χ1) is 8.10. The van der Waals surface area contributed by atoms with Crippen LogP contribution in [0.1, 0.15) is 12.7 Å². The largest absolute Gasteiger partial charge is 0.233 e. The highest BCUT2D eigenvalue weighted by Gasteiger charge is 2.09. The maximum atomic E-state index is 13.2. The first kappa shape index (κ1) is 12.3. The molecule has 5 heteroatoms. The van der Waals surface area contributed by atoms with E-state index in [0.29, 0.717) is 33.7 Å². The zero-order valence-electron chi connectivity index (χ0n) is 9.04. The summed E-state index contributed by atoms with van der Waals surface area (Å²) >= 11 is 11.9. The number of hydrogen-bond donors (Lipinski definition) is 0. The Morgan fingerprint density at radius 1 is 1.18 bits per heavy atom. The highest BCUT2D eigenvalue weighted by Crippen LogP contribution is 2.28. The maximum absolute atomic E-state index is 13.2. The van der Waals surface area contributed by atoms with Gasteiger partial charge in [0.05, 0.1) is 10.7 Å². The molecule has 0 saturated heterocycles. The fraction of sp³-hybridized carbons (Fsp3) is 0.167. The van der Waals surface area contributed by atoms with Crippen LogP contribution in [0.5, 0.6) is 0 Å². The summed E-state index contributed by atoms with van der Waals surface area (Å²) in [4.78, 5) is 8.33. The zero-order valence-corrected chi connectivity index (χ0v) is 10.6. The van der Waals surface area contributed by atoms with E-state index >= 15 is 0 Å². The molecule has 17 heavy (non-hydrogen) atoms. The summed E-state index contributed by atoms with van der Waals surface area (Å²) in [5.74, 6) is 0.241. The van der Waals surface area contributed by atoms with Crippen molar-refractivity contribution in [2.45, 2.75) is 13.3 Å². The lowest BCUT2D eigenvalue weighted by Crippen LogP contribution is -1.96. The number of hydrogen-bond acceptors (Lipinski definition) is 2. The molecule has 0 aliphatic rings. The SMILES string of the molecule is CCc1nc(Cl)cc(-c2cc(F)ccc2Cl)n1. The van der Waals surface area contributed by atoms with E-state index in [1.807, 2.05) is 6.92 Å². The van der Waals surface area contributed by atoms with Crippen molar-refractivity contribution >= 4 is 23.2 Å². The number of aryl methyl sites for hydroxylation is 1. The van der Waals surface area contributed by atoms with Crippen molar-refractivity contribution < 1.29 is 4.39 Å². The van der Waals surface area contributed by atoms with Gasteiger partial charge in [-0.3, -0.25) is 0 Å². The van der Waals surface area contributed by atoms with Gasteiger partial charge in [-0.2, -0.15) is 0 Å². The van der Waals surface area contributed by atoms with Gasteiger partial charge >= 0.3 is 0 Å². The highest BCUT2D eigenvalue weighted by molar-refractivity contribution is 6.33. The van der Waals surface area contributed by atoms with E-state index in [1.54, 1.807) is 6.07 Å². The molecular formula is C12H9Cl2FN2. The summed E-state index contributed by atoms with van der Waals surface area (Å²) in [5.41, 5.74) is 1.05. The monoisotopic (exact) mass is 270 g/mol. The van der Waals surface area contributed by atoms with Crippen molar-refractivity contribution in [1.29, 1.82) is 0 Å². The fourth-order valence-corrected chi connectivity index (χ4v) is 1.87. The third-order valence-corrected chi connectivity index (χ3v) is 2.78. The predicted molar refractivity (Wildman–Crippen MR) is 66.8 cm³/mol. The van der Waals surface area contributed by atoms with Crippen LogP contribution in [0.2, 0.25) is 10.2 Å². The summed E-state index contributed by atoms with van der Waals surface area (Å²) < 4.78 is 13.2. The molecule has 0 atom stereocenters. The van der Waals surface area contributed by atoms with Crippen LogP contribution in [0.4, 0.5) is 4.39 Å². The zero-order chi connectivity index (χ0) is 12.4. The summed E-state index contributed by atoms with van der Waals surface area (Å²) in [6.45, 7) is 1.92. The lowest BCUT2D eigenvalue weighted by molar-refractivity contribution is 0.628. The van der Waals surface area contributed by atoms with Gasteiger partial charge in [-0.05, 0) is 18.2 Å². The molecule has 1 aromatic heterocycles. The topological polar surface area (TPSA) is 25.8 Å². The third-order valence-electron chi connectivity index (χ3n) is 2.26. The molecule has 1 heterocycles. The molecule has 0 N–H and O–H groups in total. The molecule has 0 aliphatic carbocycles. The van der Waals surface area contributed by atoms with E-state index in [9.17, 15) is 4.39 Å². The Hall–Kier alpha value is -1.19. The third kappa shape index (κ3) is 2.73. The van der Waals surface area contributed by atoms with E-state index in [0.717, 1.165) is 0 Å². The van der Waals surface area contributed by atoms with E-state index in [2.05, 4.69) is 9.97 Å². The Morgan fingerprint density at radius 3 is 2.65 bits per heavy atom. The van der Waals surface area contributed by atoms with Gasteiger partial charge in [-0.15, -0.1) is 0 Å². The minimum absolute atomic E-state index is 0.326. The van der Waals surface area contributed by atoms with Crippen molar-refractivity contribution in [1.82, 2.24) is 9.97 Å². The van der Waals surface area contributed by atoms with Crippen LogP contribution in [0.25, 0.3) is 11.3 Å². The molecule has 0 fully saturated rings. The quantitative estimate of drug-likeness (QED) is 0.767. The number of aromatic nitrogens is 2. The minimum Gasteiger partial charge on any atom is -0.233 e. The molecule has 1 aromatic carbocycles. The summed E-state index contributed by atoms with van der Waals surface area (Å²) in [6, 6.07) is 5.70. The number of halogens is 3. The molecule has 2 aromatic rings.